The quantitative estimate of drug-likeness (QED) is 0.419. The van der Waals surface area contributed by atoms with Gasteiger partial charge in [0, 0.05) is 18.7 Å². The molecule has 1 aliphatic carbocycles. The Morgan fingerprint density at radius 1 is 1.24 bits per heavy atom. The molecule has 1 atom stereocenters. The molecule has 0 radical (unpaired) electrons. The Bertz CT molecular complexity index is 1340. The van der Waals surface area contributed by atoms with Gasteiger partial charge in [-0.3, -0.25) is 4.68 Å². The van der Waals surface area contributed by atoms with E-state index < -0.39 is 17.8 Å². The summed E-state index contributed by atoms with van der Waals surface area (Å²) in [6.07, 6.45) is 3.93. The predicted octanol–water partition coefficient (Wildman–Crippen LogP) is 3.62. The highest BCUT2D eigenvalue weighted by Gasteiger charge is 2.40. The lowest BCUT2D eigenvalue weighted by Crippen LogP contribution is -2.41. The molecule has 5 rings (SSSR count). The monoisotopic (exact) mass is 466 g/mol. The third-order valence-electron chi connectivity index (χ3n) is 5.79. The van der Waals surface area contributed by atoms with E-state index in [0.29, 0.717) is 22.6 Å². The molecule has 1 aromatic carbocycles. The average molecular weight is 466 g/mol. The molecule has 0 aliphatic heterocycles. The Balaban J connectivity index is 1.54. The van der Waals surface area contributed by atoms with Crippen LogP contribution in [0.25, 0.3) is 22.9 Å². The number of halogens is 2. The van der Waals surface area contributed by atoms with E-state index in [1.54, 1.807) is 30.3 Å². The largest absolute Gasteiger partial charge is 0.480 e. The summed E-state index contributed by atoms with van der Waals surface area (Å²) in [6, 6.07) is 8.72. The van der Waals surface area contributed by atoms with Crippen LogP contribution in [0.1, 0.15) is 18.4 Å². The number of carboxylic acid groups (broad SMARTS) is 1. The van der Waals surface area contributed by atoms with Gasteiger partial charge in [0.25, 0.3) is 0 Å². The molecular weight excluding hydrogens is 446 g/mol. The molecule has 9 nitrogen and oxygen atoms in total. The van der Waals surface area contributed by atoms with Crippen LogP contribution in [0.4, 0.5) is 14.6 Å². The van der Waals surface area contributed by atoms with Crippen LogP contribution >= 0.6 is 0 Å². The van der Waals surface area contributed by atoms with Gasteiger partial charge in [0.15, 0.2) is 17.5 Å². The SMILES string of the molecule is CN(c1nc(-c2cc(-c3ccon3)n(Cc3ccccc3F)n2)ncc1F)[C@@H](C(=O)O)C1CC1. The van der Waals surface area contributed by atoms with Gasteiger partial charge >= 0.3 is 5.97 Å². The zero-order chi connectivity index (χ0) is 23.8. The molecule has 1 fully saturated rings. The number of aromatic nitrogens is 5. The summed E-state index contributed by atoms with van der Waals surface area (Å²) in [5, 5.41) is 18.1. The highest BCUT2D eigenvalue weighted by atomic mass is 19.1. The first-order chi connectivity index (χ1) is 16.4. The van der Waals surface area contributed by atoms with Crippen LogP contribution in [-0.4, -0.2) is 49.1 Å². The van der Waals surface area contributed by atoms with Crippen LogP contribution in [0.15, 0.2) is 53.4 Å². The number of rotatable bonds is 8. The minimum Gasteiger partial charge on any atom is -0.480 e. The zero-order valence-electron chi connectivity index (χ0n) is 18.1. The van der Waals surface area contributed by atoms with Gasteiger partial charge in [-0.2, -0.15) is 5.10 Å². The molecule has 1 saturated carbocycles. The highest BCUT2D eigenvalue weighted by Crippen LogP contribution is 2.37. The van der Waals surface area contributed by atoms with Gasteiger partial charge in [-0.05, 0) is 30.9 Å². The van der Waals surface area contributed by atoms with Gasteiger partial charge < -0.3 is 14.5 Å². The summed E-state index contributed by atoms with van der Waals surface area (Å²) in [4.78, 5) is 21.5. The van der Waals surface area contributed by atoms with Gasteiger partial charge in [-0.15, -0.1) is 0 Å². The van der Waals surface area contributed by atoms with Crippen molar-refractivity contribution in [2.75, 3.05) is 11.9 Å². The first-order valence-electron chi connectivity index (χ1n) is 10.6. The Kier molecular flexibility index (Phi) is 5.52. The summed E-state index contributed by atoms with van der Waals surface area (Å²) in [6.45, 7) is 0.103. The predicted molar refractivity (Wildman–Crippen MR) is 117 cm³/mol. The van der Waals surface area contributed by atoms with Gasteiger partial charge in [0.2, 0.25) is 0 Å². The Labute approximate surface area is 192 Å². The molecule has 11 heteroatoms. The second-order valence-corrected chi connectivity index (χ2v) is 8.15. The number of benzene rings is 1. The van der Waals surface area contributed by atoms with Crippen LogP contribution in [0, 0.1) is 17.6 Å². The standard InChI is InChI=1S/C23H20F2N6O3/c1-30(20(23(32)33)13-6-7-13)22-16(25)11-26-21(27-22)18-10-19(17-8-9-34-29-17)31(28-18)12-14-4-2-3-5-15(14)24/h2-5,8-11,13,20H,6-7,12H2,1H3,(H,32,33)/t20-/m1/s1. The van der Waals surface area contributed by atoms with Crippen molar-refractivity contribution in [3.63, 3.8) is 0 Å². The van der Waals surface area contributed by atoms with Crippen molar-refractivity contribution in [2.45, 2.75) is 25.4 Å². The van der Waals surface area contributed by atoms with Crippen LogP contribution in [0.3, 0.4) is 0 Å². The van der Waals surface area contributed by atoms with Gasteiger partial charge in [0.05, 0.1) is 18.4 Å². The number of hydrogen-bond acceptors (Lipinski definition) is 7. The fourth-order valence-corrected chi connectivity index (χ4v) is 3.94. The van der Waals surface area contributed by atoms with E-state index in [1.165, 1.54) is 29.0 Å². The maximum absolute atomic E-state index is 14.6. The fraction of sp³-hybridized carbons (Fsp3) is 0.261. The Morgan fingerprint density at radius 3 is 2.71 bits per heavy atom. The molecule has 34 heavy (non-hydrogen) atoms. The Morgan fingerprint density at radius 2 is 2.03 bits per heavy atom. The van der Waals surface area contributed by atoms with Crippen molar-refractivity contribution in [3.8, 4) is 22.9 Å². The number of likely N-dealkylation sites (N-methyl/N-ethyl adjacent to an activating group) is 1. The maximum atomic E-state index is 14.6. The van der Waals surface area contributed by atoms with Crippen molar-refractivity contribution < 1.29 is 23.2 Å². The van der Waals surface area contributed by atoms with Crippen molar-refractivity contribution in [1.29, 1.82) is 0 Å². The lowest BCUT2D eigenvalue weighted by molar-refractivity contribution is -0.139. The van der Waals surface area contributed by atoms with E-state index in [9.17, 15) is 18.7 Å². The third-order valence-corrected chi connectivity index (χ3v) is 5.79. The van der Waals surface area contributed by atoms with Gasteiger partial charge in [0.1, 0.15) is 29.5 Å². The number of anilines is 1. The van der Waals surface area contributed by atoms with E-state index in [4.69, 9.17) is 4.52 Å². The lowest BCUT2D eigenvalue weighted by atomic mass is 10.1. The summed E-state index contributed by atoms with van der Waals surface area (Å²) in [5.41, 5.74) is 1.70. The molecule has 4 aromatic rings. The topological polar surface area (TPSA) is 110 Å². The van der Waals surface area contributed by atoms with Gasteiger partial charge in [-0.25, -0.2) is 23.5 Å². The minimum absolute atomic E-state index is 0.0564. The Hall–Kier alpha value is -4.15. The van der Waals surface area contributed by atoms with Gasteiger partial charge in [-0.1, -0.05) is 23.4 Å². The number of carbonyl (C=O) groups is 1. The first-order valence-corrected chi connectivity index (χ1v) is 10.6. The summed E-state index contributed by atoms with van der Waals surface area (Å²) < 4.78 is 35.4. The molecule has 0 spiro atoms. The molecule has 1 N–H and O–H groups in total. The van der Waals surface area contributed by atoms with Crippen LogP contribution in [-0.2, 0) is 11.3 Å². The van der Waals surface area contributed by atoms with Crippen molar-refractivity contribution >= 4 is 11.8 Å². The van der Waals surface area contributed by atoms with Crippen LogP contribution < -0.4 is 4.90 Å². The highest BCUT2D eigenvalue weighted by molar-refractivity contribution is 5.78. The van der Waals surface area contributed by atoms with E-state index >= 15 is 0 Å². The van der Waals surface area contributed by atoms with E-state index in [1.807, 2.05) is 0 Å². The second kappa shape index (κ2) is 8.65. The van der Waals surface area contributed by atoms with E-state index in [2.05, 4.69) is 20.2 Å². The van der Waals surface area contributed by atoms with Crippen molar-refractivity contribution in [1.82, 2.24) is 24.9 Å². The fourth-order valence-electron chi connectivity index (χ4n) is 3.94. The van der Waals surface area contributed by atoms with Crippen molar-refractivity contribution in [2.24, 2.45) is 5.92 Å². The molecule has 0 amide bonds. The summed E-state index contributed by atoms with van der Waals surface area (Å²) in [7, 11) is 1.50. The maximum Gasteiger partial charge on any atom is 0.326 e. The minimum atomic E-state index is -1.04. The normalized spacial score (nSPS) is 14.2. The zero-order valence-corrected chi connectivity index (χ0v) is 18.1. The van der Waals surface area contributed by atoms with Crippen LogP contribution in [0.2, 0.25) is 0 Å². The molecular formula is C23H20F2N6O3. The molecule has 3 aromatic heterocycles. The molecule has 0 unspecified atom stereocenters. The number of nitrogens with zero attached hydrogens (tertiary/aromatic N) is 6. The molecule has 3 heterocycles. The van der Waals surface area contributed by atoms with Crippen molar-refractivity contribution in [3.05, 3.63) is 66.1 Å². The van der Waals surface area contributed by atoms with Crippen LogP contribution in [0.5, 0.6) is 0 Å². The summed E-state index contributed by atoms with van der Waals surface area (Å²) >= 11 is 0. The smallest absolute Gasteiger partial charge is 0.326 e. The summed E-state index contributed by atoms with van der Waals surface area (Å²) in [5.74, 6) is -2.24. The number of aliphatic carboxylic acids is 1. The molecule has 0 saturated heterocycles. The molecule has 1 aliphatic rings. The van der Waals surface area contributed by atoms with E-state index in [0.717, 1.165) is 19.0 Å². The number of carboxylic acids is 1. The molecule has 174 valence electrons. The number of hydrogen-bond donors (Lipinski definition) is 1. The lowest BCUT2D eigenvalue weighted by Gasteiger charge is -2.26. The first kappa shape index (κ1) is 21.7. The van der Waals surface area contributed by atoms with E-state index in [-0.39, 0.29) is 29.9 Å². The molecule has 0 bridgehead atoms. The second-order valence-electron chi connectivity index (χ2n) is 8.15. The average Bonchev–Trinajstić information content (AvgIpc) is 3.31. The third kappa shape index (κ3) is 4.12.